The Morgan fingerprint density at radius 3 is 2.63 bits per heavy atom. The van der Waals surface area contributed by atoms with E-state index < -0.39 is 11.4 Å². The van der Waals surface area contributed by atoms with Crippen molar-refractivity contribution in [3.63, 3.8) is 0 Å². The minimum Gasteiger partial charge on any atom is -0.481 e. The second-order valence-corrected chi connectivity index (χ2v) is 6.15. The third-order valence-electron chi connectivity index (χ3n) is 3.80. The lowest BCUT2D eigenvalue weighted by Gasteiger charge is -2.19. The number of aliphatic carboxylic acids is 1. The zero-order valence-corrected chi connectivity index (χ0v) is 12.2. The second kappa shape index (κ2) is 4.96. The molecular weight excluding hydrogens is 242 g/mol. The third-order valence-corrected chi connectivity index (χ3v) is 3.80. The summed E-state index contributed by atoms with van der Waals surface area (Å²) in [5.41, 5.74) is 2.46. The average molecular weight is 265 g/mol. The van der Waals surface area contributed by atoms with Crippen molar-refractivity contribution in [2.75, 3.05) is 0 Å². The van der Waals surface area contributed by atoms with Gasteiger partial charge in [0.15, 0.2) is 0 Å². The molecule has 1 heterocycles. The van der Waals surface area contributed by atoms with Gasteiger partial charge in [-0.05, 0) is 40.5 Å². The lowest BCUT2D eigenvalue weighted by Crippen LogP contribution is -2.30. The molecule has 1 aromatic heterocycles. The molecule has 0 amide bonds. The largest absolute Gasteiger partial charge is 0.481 e. The minimum absolute atomic E-state index is 0.401. The van der Waals surface area contributed by atoms with Crippen LogP contribution in [0.1, 0.15) is 43.6 Å². The lowest BCUT2D eigenvalue weighted by atomic mass is 9.94. The smallest absolute Gasteiger partial charge is 0.310 e. The summed E-state index contributed by atoms with van der Waals surface area (Å²) >= 11 is 0. The quantitative estimate of drug-likeness (QED) is 0.824. The number of nitrogens with zero attached hydrogens (tertiary/aromatic N) is 2. The van der Waals surface area contributed by atoms with Gasteiger partial charge in [0.2, 0.25) is 0 Å². The van der Waals surface area contributed by atoms with Gasteiger partial charge in [0.25, 0.3) is 0 Å². The van der Waals surface area contributed by atoms with Crippen LogP contribution in [0.25, 0.3) is 0 Å². The fourth-order valence-electron chi connectivity index (χ4n) is 2.12. The van der Waals surface area contributed by atoms with Gasteiger partial charge in [-0.15, -0.1) is 0 Å². The molecule has 1 saturated carbocycles. The molecule has 0 radical (unpaired) electrons. The van der Waals surface area contributed by atoms with E-state index in [0.29, 0.717) is 12.6 Å². The molecule has 2 N–H and O–H groups in total. The number of carboxylic acids is 1. The minimum atomic E-state index is -0.801. The Bertz CT molecular complexity index is 487. The van der Waals surface area contributed by atoms with Crippen LogP contribution >= 0.6 is 0 Å². The Hall–Kier alpha value is -1.36. The molecule has 5 heteroatoms. The monoisotopic (exact) mass is 265 g/mol. The van der Waals surface area contributed by atoms with Gasteiger partial charge < -0.3 is 10.4 Å². The van der Waals surface area contributed by atoms with Crippen LogP contribution in [-0.2, 0) is 17.9 Å². The molecule has 106 valence electrons. The molecule has 1 fully saturated rings. The summed E-state index contributed by atoms with van der Waals surface area (Å²) in [6, 6.07) is 0.664. The summed E-state index contributed by atoms with van der Waals surface area (Å²) in [5, 5.41) is 17.2. The van der Waals surface area contributed by atoms with E-state index in [1.165, 1.54) is 18.4 Å². The first kappa shape index (κ1) is 14.1. The molecule has 0 atom stereocenters. The van der Waals surface area contributed by atoms with Crippen molar-refractivity contribution in [1.82, 2.24) is 15.1 Å². The summed E-state index contributed by atoms with van der Waals surface area (Å²) in [6.07, 6.45) is 2.52. The summed E-state index contributed by atoms with van der Waals surface area (Å²) in [4.78, 5) is 11.2. The molecule has 0 aliphatic heterocycles. The van der Waals surface area contributed by atoms with Gasteiger partial charge >= 0.3 is 5.97 Å². The topological polar surface area (TPSA) is 67.2 Å². The highest BCUT2D eigenvalue weighted by molar-refractivity contribution is 5.73. The summed E-state index contributed by atoms with van der Waals surface area (Å²) < 4.78 is 1.83. The predicted molar refractivity (Wildman–Crippen MR) is 73.0 cm³/mol. The van der Waals surface area contributed by atoms with Crippen LogP contribution in [0, 0.1) is 19.3 Å². The van der Waals surface area contributed by atoms with E-state index >= 15 is 0 Å². The highest BCUT2D eigenvalue weighted by Gasteiger charge is 2.29. The zero-order chi connectivity index (χ0) is 14.2. The molecule has 5 nitrogen and oxygen atoms in total. The van der Waals surface area contributed by atoms with E-state index in [-0.39, 0.29) is 0 Å². The highest BCUT2D eigenvalue weighted by Crippen LogP contribution is 2.23. The SMILES string of the molecule is Cc1nn(CC(C)(C)C(=O)O)c(C)c1CNC1CC1. The van der Waals surface area contributed by atoms with Crippen molar-refractivity contribution in [3.8, 4) is 0 Å². The average Bonchev–Trinajstić information content (AvgIpc) is 3.07. The summed E-state index contributed by atoms with van der Waals surface area (Å²) in [5.74, 6) is -0.794. The molecule has 19 heavy (non-hydrogen) atoms. The van der Waals surface area contributed by atoms with Crippen molar-refractivity contribution >= 4 is 5.97 Å². The van der Waals surface area contributed by atoms with Gasteiger partial charge in [-0.2, -0.15) is 5.10 Å². The van der Waals surface area contributed by atoms with Crippen molar-refractivity contribution in [1.29, 1.82) is 0 Å². The Morgan fingerprint density at radius 1 is 1.47 bits per heavy atom. The maximum absolute atomic E-state index is 11.2. The van der Waals surface area contributed by atoms with Crippen molar-refractivity contribution < 1.29 is 9.90 Å². The Kier molecular flexibility index (Phi) is 3.67. The molecule has 0 aromatic carbocycles. The first-order valence-corrected chi connectivity index (χ1v) is 6.81. The standard InChI is InChI=1S/C14H23N3O2/c1-9-12(7-15-11-5-6-11)10(2)17(16-9)8-14(3,4)13(18)19/h11,15H,5-8H2,1-4H3,(H,18,19). The van der Waals surface area contributed by atoms with Gasteiger partial charge in [-0.1, -0.05) is 0 Å². The van der Waals surface area contributed by atoms with E-state index in [1.54, 1.807) is 13.8 Å². The molecular formula is C14H23N3O2. The third kappa shape index (κ3) is 3.15. The van der Waals surface area contributed by atoms with Crippen LogP contribution < -0.4 is 5.32 Å². The van der Waals surface area contributed by atoms with Crippen molar-refractivity contribution in [2.45, 2.75) is 59.7 Å². The number of hydrogen-bond acceptors (Lipinski definition) is 3. The number of aryl methyl sites for hydroxylation is 1. The van der Waals surface area contributed by atoms with E-state index in [1.807, 2.05) is 18.5 Å². The Balaban J connectivity index is 2.13. The predicted octanol–water partition coefficient (Wildman–Crippen LogP) is 1.86. The molecule has 0 spiro atoms. The van der Waals surface area contributed by atoms with Crippen molar-refractivity contribution in [2.24, 2.45) is 5.41 Å². The fourth-order valence-corrected chi connectivity index (χ4v) is 2.12. The first-order chi connectivity index (χ1) is 8.81. The van der Waals surface area contributed by atoms with E-state index in [4.69, 9.17) is 0 Å². The number of hydrogen-bond donors (Lipinski definition) is 2. The van der Waals surface area contributed by atoms with Crippen LogP contribution in [0.2, 0.25) is 0 Å². The number of aromatic nitrogens is 2. The van der Waals surface area contributed by atoms with E-state index in [2.05, 4.69) is 10.4 Å². The van der Waals surface area contributed by atoms with E-state index in [9.17, 15) is 9.90 Å². The van der Waals surface area contributed by atoms with Crippen LogP contribution in [0.15, 0.2) is 0 Å². The molecule has 0 unspecified atom stereocenters. The molecule has 1 aromatic rings. The molecule has 0 bridgehead atoms. The Labute approximate surface area is 114 Å². The number of nitrogens with one attached hydrogen (secondary N) is 1. The van der Waals surface area contributed by atoms with Crippen LogP contribution in [-0.4, -0.2) is 26.9 Å². The highest BCUT2D eigenvalue weighted by atomic mass is 16.4. The summed E-state index contributed by atoms with van der Waals surface area (Å²) in [6.45, 7) is 8.69. The van der Waals surface area contributed by atoms with Gasteiger partial charge in [-0.25, -0.2) is 0 Å². The van der Waals surface area contributed by atoms with Gasteiger partial charge in [0.1, 0.15) is 0 Å². The fraction of sp³-hybridized carbons (Fsp3) is 0.714. The molecule has 1 aliphatic rings. The van der Waals surface area contributed by atoms with E-state index in [0.717, 1.165) is 17.9 Å². The Morgan fingerprint density at radius 2 is 2.11 bits per heavy atom. The number of carbonyl (C=O) groups is 1. The lowest BCUT2D eigenvalue weighted by molar-refractivity contribution is -0.147. The second-order valence-electron chi connectivity index (χ2n) is 6.15. The zero-order valence-electron chi connectivity index (χ0n) is 12.2. The first-order valence-electron chi connectivity index (χ1n) is 6.81. The number of rotatable bonds is 6. The molecule has 2 rings (SSSR count). The normalized spacial score (nSPS) is 15.8. The van der Waals surface area contributed by atoms with Crippen LogP contribution in [0.5, 0.6) is 0 Å². The van der Waals surface area contributed by atoms with Crippen LogP contribution in [0.3, 0.4) is 0 Å². The maximum atomic E-state index is 11.2. The van der Waals surface area contributed by atoms with Gasteiger partial charge in [-0.3, -0.25) is 9.48 Å². The maximum Gasteiger partial charge on any atom is 0.310 e. The summed E-state index contributed by atoms with van der Waals surface area (Å²) in [7, 11) is 0. The van der Waals surface area contributed by atoms with Crippen LogP contribution in [0.4, 0.5) is 0 Å². The molecule has 0 saturated heterocycles. The molecule has 1 aliphatic carbocycles. The van der Waals surface area contributed by atoms with Gasteiger partial charge in [0.05, 0.1) is 17.7 Å². The number of carboxylic acid groups (broad SMARTS) is 1. The van der Waals surface area contributed by atoms with Gasteiger partial charge in [0, 0.05) is 23.8 Å². The van der Waals surface area contributed by atoms with Crippen molar-refractivity contribution in [3.05, 3.63) is 17.0 Å².